The lowest BCUT2D eigenvalue weighted by Crippen LogP contribution is -2.07. The fourth-order valence-corrected chi connectivity index (χ4v) is 2.30. The van der Waals surface area contributed by atoms with Crippen molar-refractivity contribution in [2.45, 2.75) is 13.0 Å². The average molecular weight is 346 g/mol. The van der Waals surface area contributed by atoms with E-state index < -0.39 is 0 Å². The van der Waals surface area contributed by atoms with Gasteiger partial charge in [0.15, 0.2) is 5.15 Å². The van der Waals surface area contributed by atoms with Gasteiger partial charge < -0.3 is 5.32 Å². The summed E-state index contributed by atoms with van der Waals surface area (Å²) in [5, 5.41) is 4.48. The Labute approximate surface area is 124 Å². The number of nitrogens with zero attached hydrogens (tertiary/aromatic N) is 1. The van der Waals surface area contributed by atoms with Crippen molar-refractivity contribution >= 4 is 44.8 Å². The van der Waals surface area contributed by atoms with E-state index >= 15 is 0 Å². The molecule has 1 N–H and O–H groups in total. The molecule has 2 aromatic rings. The van der Waals surface area contributed by atoms with Gasteiger partial charge in [-0.25, -0.2) is 4.98 Å². The predicted octanol–water partition coefficient (Wildman–Crippen LogP) is 5.32. The zero-order valence-electron chi connectivity index (χ0n) is 9.62. The van der Waals surface area contributed by atoms with Gasteiger partial charge in [0.2, 0.25) is 0 Å². The number of anilines is 1. The van der Waals surface area contributed by atoms with Crippen LogP contribution in [-0.2, 0) is 0 Å². The first kappa shape index (κ1) is 13.7. The molecule has 5 heteroatoms. The summed E-state index contributed by atoms with van der Waals surface area (Å²) in [6.45, 7) is 2.04. The van der Waals surface area contributed by atoms with Gasteiger partial charge in [0.05, 0.1) is 5.69 Å². The Hall–Kier alpha value is -0.770. The number of hydrogen-bond acceptors (Lipinski definition) is 2. The van der Waals surface area contributed by atoms with Crippen molar-refractivity contribution < 1.29 is 0 Å². The topological polar surface area (TPSA) is 24.9 Å². The molecule has 0 saturated carbocycles. The Morgan fingerprint density at radius 2 is 2.06 bits per heavy atom. The van der Waals surface area contributed by atoms with Gasteiger partial charge in [0.1, 0.15) is 0 Å². The summed E-state index contributed by atoms with van der Waals surface area (Å²) in [4.78, 5) is 4.07. The van der Waals surface area contributed by atoms with Crippen molar-refractivity contribution in [1.29, 1.82) is 0 Å². The third-order valence-corrected chi connectivity index (χ3v) is 3.50. The van der Waals surface area contributed by atoms with E-state index in [4.69, 9.17) is 23.2 Å². The van der Waals surface area contributed by atoms with Crippen LogP contribution in [0.3, 0.4) is 0 Å². The van der Waals surface area contributed by atoms with Crippen LogP contribution in [0.15, 0.2) is 41.0 Å². The molecule has 18 heavy (non-hydrogen) atoms. The standard InChI is InChI=1S/C13H11BrCl2N2/c1-8(9-3-2-4-11(15)5-9)18-12-6-10(14)7-17-13(12)16/h2-8,18H,1H3. The normalized spacial score (nSPS) is 12.2. The SMILES string of the molecule is CC(Nc1cc(Br)cnc1Cl)c1cccc(Cl)c1. The van der Waals surface area contributed by atoms with Crippen molar-refractivity contribution in [2.75, 3.05) is 5.32 Å². The van der Waals surface area contributed by atoms with E-state index in [0.717, 1.165) is 20.7 Å². The lowest BCUT2D eigenvalue weighted by Gasteiger charge is -2.16. The molecule has 0 fully saturated rings. The number of pyridine rings is 1. The Morgan fingerprint density at radius 3 is 2.78 bits per heavy atom. The molecule has 2 nitrogen and oxygen atoms in total. The molecule has 1 aromatic heterocycles. The van der Waals surface area contributed by atoms with Crippen LogP contribution in [0.2, 0.25) is 10.2 Å². The summed E-state index contributed by atoms with van der Waals surface area (Å²) in [5.41, 5.74) is 1.89. The van der Waals surface area contributed by atoms with E-state index in [9.17, 15) is 0 Å². The molecule has 0 spiro atoms. The summed E-state index contributed by atoms with van der Waals surface area (Å²) in [7, 11) is 0. The van der Waals surface area contributed by atoms with E-state index in [-0.39, 0.29) is 6.04 Å². The summed E-state index contributed by atoms with van der Waals surface area (Å²) < 4.78 is 0.882. The highest BCUT2D eigenvalue weighted by Crippen LogP contribution is 2.27. The fraction of sp³-hybridized carbons (Fsp3) is 0.154. The second-order valence-corrected chi connectivity index (χ2v) is 5.62. The molecule has 0 aliphatic rings. The molecule has 2 rings (SSSR count). The summed E-state index contributed by atoms with van der Waals surface area (Å²) in [6.07, 6.45) is 1.66. The van der Waals surface area contributed by atoms with Gasteiger partial charge in [-0.1, -0.05) is 35.3 Å². The number of nitrogens with one attached hydrogen (secondary N) is 1. The quantitative estimate of drug-likeness (QED) is 0.761. The average Bonchev–Trinajstić information content (AvgIpc) is 2.34. The second kappa shape index (κ2) is 5.91. The van der Waals surface area contributed by atoms with Crippen molar-refractivity contribution in [1.82, 2.24) is 4.98 Å². The van der Waals surface area contributed by atoms with E-state index in [0.29, 0.717) is 5.15 Å². The Balaban J connectivity index is 2.21. The Morgan fingerprint density at radius 1 is 1.28 bits per heavy atom. The molecule has 0 aliphatic heterocycles. The highest BCUT2D eigenvalue weighted by atomic mass is 79.9. The minimum absolute atomic E-state index is 0.0947. The number of halogens is 3. The van der Waals surface area contributed by atoms with Crippen molar-refractivity contribution in [2.24, 2.45) is 0 Å². The maximum Gasteiger partial charge on any atom is 0.152 e. The van der Waals surface area contributed by atoms with E-state index in [2.05, 4.69) is 26.2 Å². The summed E-state index contributed by atoms with van der Waals surface area (Å²) in [6, 6.07) is 9.72. The maximum absolute atomic E-state index is 6.04. The molecule has 1 heterocycles. The van der Waals surface area contributed by atoms with Gasteiger partial charge in [0.25, 0.3) is 0 Å². The van der Waals surface area contributed by atoms with Crippen LogP contribution in [0.25, 0.3) is 0 Å². The van der Waals surface area contributed by atoms with Crippen LogP contribution < -0.4 is 5.32 Å². The molecule has 1 aromatic carbocycles. The Kier molecular flexibility index (Phi) is 4.49. The fourth-order valence-electron chi connectivity index (χ4n) is 1.62. The van der Waals surface area contributed by atoms with Crippen LogP contribution in [0.5, 0.6) is 0 Å². The number of aromatic nitrogens is 1. The minimum atomic E-state index is 0.0947. The first-order valence-electron chi connectivity index (χ1n) is 5.39. The lowest BCUT2D eigenvalue weighted by molar-refractivity contribution is 0.883. The number of benzene rings is 1. The minimum Gasteiger partial charge on any atom is -0.376 e. The monoisotopic (exact) mass is 344 g/mol. The molecule has 0 aliphatic carbocycles. The maximum atomic E-state index is 6.04. The van der Waals surface area contributed by atoms with Gasteiger partial charge in [-0.15, -0.1) is 0 Å². The van der Waals surface area contributed by atoms with Gasteiger partial charge in [-0.2, -0.15) is 0 Å². The molecule has 94 valence electrons. The summed E-state index contributed by atoms with van der Waals surface area (Å²) >= 11 is 15.4. The van der Waals surface area contributed by atoms with Crippen LogP contribution in [-0.4, -0.2) is 4.98 Å². The number of hydrogen-bond donors (Lipinski definition) is 1. The molecular weight excluding hydrogens is 335 g/mol. The molecule has 1 unspecified atom stereocenters. The van der Waals surface area contributed by atoms with Crippen LogP contribution in [0.4, 0.5) is 5.69 Å². The van der Waals surface area contributed by atoms with E-state index in [1.165, 1.54) is 0 Å². The Bertz CT molecular complexity index is 560. The van der Waals surface area contributed by atoms with Crippen molar-refractivity contribution in [3.8, 4) is 0 Å². The second-order valence-electron chi connectivity index (χ2n) is 3.91. The highest BCUT2D eigenvalue weighted by molar-refractivity contribution is 9.10. The van der Waals surface area contributed by atoms with Crippen molar-refractivity contribution in [3.63, 3.8) is 0 Å². The molecular formula is C13H11BrCl2N2. The third-order valence-electron chi connectivity index (χ3n) is 2.53. The van der Waals surface area contributed by atoms with Crippen molar-refractivity contribution in [3.05, 3.63) is 56.7 Å². The zero-order chi connectivity index (χ0) is 13.1. The van der Waals surface area contributed by atoms with Gasteiger partial charge in [-0.05, 0) is 46.6 Å². The first-order chi connectivity index (χ1) is 8.56. The van der Waals surface area contributed by atoms with Crippen LogP contribution >= 0.6 is 39.1 Å². The highest BCUT2D eigenvalue weighted by Gasteiger charge is 2.09. The molecule has 0 radical (unpaired) electrons. The van der Waals surface area contributed by atoms with Crippen LogP contribution in [0.1, 0.15) is 18.5 Å². The van der Waals surface area contributed by atoms with E-state index in [1.54, 1.807) is 6.20 Å². The predicted molar refractivity (Wildman–Crippen MR) is 80.4 cm³/mol. The van der Waals surface area contributed by atoms with E-state index in [1.807, 2.05) is 37.3 Å². The lowest BCUT2D eigenvalue weighted by atomic mass is 10.1. The molecule has 1 atom stereocenters. The van der Waals surface area contributed by atoms with Gasteiger partial charge in [0, 0.05) is 21.7 Å². The smallest absolute Gasteiger partial charge is 0.152 e. The largest absolute Gasteiger partial charge is 0.376 e. The van der Waals surface area contributed by atoms with Gasteiger partial charge in [-0.3, -0.25) is 0 Å². The first-order valence-corrected chi connectivity index (χ1v) is 6.94. The molecule has 0 saturated heterocycles. The third kappa shape index (κ3) is 3.37. The number of rotatable bonds is 3. The zero-order valence-corrected chi connectivity index (χ0v) is 12.7. The molecule has 0 bridgehead atoms. The molecule has 0 amide bonds. The van der Waals surface area contributed by atoms with Crippen LogP contribution in [0, 0.1) is 0 Å². The summed E-state index contributed by atoms with van der Waals surface area (Å²) in [5.74, 6) is 0. The van der Waals surface area contributed by atoms with Gasteiger partial charge >= 0.3 is 0 Å².